The van der Waals surface area contributed by atoms with E-state index in [0.29, 0.717) is 12.3 Å². The van der Waals surface area contributed by atoms with Crippen LogP contribution in [0.15, 0.2) is 0 Å². The van der Waals surface area contributed by atoms with E-state index in [1.54, 1.807) is 0 Å². The zero-order valence-electron chi connectivity index (χ0n) is 24.4. The summed E-state index contributed by atoms with van der Waals surface area (Å²) < 4.78 is 6.13. The molecule has 0 aliphatic carbocycles. The summed E-state index contributed by atoms with van der Waals surface area (Å²) in [6, 6.07) is 0. The molecule has 0 N–H and O–H groups in total. The molecule has 3 unspecified atom stereocenters. The summed E-state index contributed by atoms with van der Waals surface area (Å²) in [5, 5.41) is 0. The molecule has 33 heavy (non-hydrogen) atoms. The summed E-state index contributed by atoms with van der Waals surface area (Å²) in [5.74, 6) is 1.52. The van der Waals surface area contributed by atoms with Gasteiger partial charge in [-0.25, -0.2) is 0 Å². The zero-order chi connectivity index (χ0) is 25.5. The van der Waals surface area contributed by atoms with Crippen molar-refractivity contribution in [2.75, 3.05) is 20.6 Å². The minimum absolute atomic E-state index is 0.0196. The van der Waals surface area contributed by atoms with Gasteiger partial charge in [-0.2, -0.15) is 0 Å². The molecule has 198 valence electrons. The van der Waals surface area contributed by atoms with Crippen molar-refractivity contribution >= 4 is 5.97 Å². The van der Waals surface area contributed by atoms with Crippen molar-refractivity contribution in [3.05, 3.63) is 0 Å². The van der Waals surface area contributed by atoms with E-state index >= 15 is 0 Å². The van der Waals surface area contributed by atoms with Gasteiger partial charge in [0.05, 0.1) is 0 Å². The van der Waals surface area contributed by atoms with Gasteiger partial charge < -0.3 is 9.64 Å². The molecule has 0 aliphatic rings. The van der Waals surface area contributed by atoms with Gasteiger partial charge in [-0.05, 0) is 57.2 Å². The maximum absolute atomic E-state index is 12.6. The maximum Gasteiger partial charge on any atom is 0.306 e. The number of carbonyl (C=O) groups excluding carboxylic acids is 1. The van der Waals surface area contributed by atoms with Gasteiger partial charge in [-0.3, -0.25) is 4.79 Å². The predicted molar refractivity (Wildman–Crippen MR) is 146 cm³/mol. The van der Waals surface area contributed by atoms with Crippen molar-refractivity contribution in [1.29, 1.82) is 0 Å². The van der Waals surface area contributed by atoms with Crippen LogP contribution in [0.3, 0.4) is 0 Å². The number of carbonyl (C=O) groups is 1. The molecule has 3 atom stereocenters. The van der Waals surface area contributed by atoms with Crippen LogP contribution in [0.2, 0.25) is 0 Å². The molecule has 0 saturated carbocycles. The van der Waals surface area contributed by atoms with E-state index < -0.39 is 0 Å². The third-order valence-corrected chi connectivity index (χ3v) is 8.11. The summed E-state index contributed by atoms with van der Waals surface area (Å²) in [5.41, 5.74) is 0.0214. The Balaban J connectivity index is 4.53. The predicted octanol–water partition coefficient (Wildman–Crippen LogP) is 8.90. The van der Waals surface area contributed by atoms with Crippen LogP contribution in [0.4, 0.5) is 0 Å². The first-order chi connectivity index (χ1) is 15.3. The molecule has 0 saturated heterocycles. The molecule has 0 aromatic rings. The highest BCUT2D eigenvalue weighted by Crippen LogP contribution is 2.44. The van der Waals surface area contributed by atoms with Crippen LogP contribution >= 0.6 is 0 Å². The summed E-state index contributed by atoms with van der Waals surface area (Å²) in [6.07, 6.45) is 15.8. The molecule has 0 radical (unpaired) electrons. The fourth-order valence-electron chi connectivity index (χ4n) is 4.44. The molecule has 0 aromatic heterocycles. The minimum atomic E-state index is -0.0593. The number of nitrogens with zero attached hydrogens (tertiary/aromatic N) is 1. The Morgan fingerprint density at radius 1 is 0.758 bits per heavy atom. The summed E-state index contributed by atoms with van der Waals surface area (Å²) in [7, 11) is 4.10. The average Bonchev–Trinajstić information content (AvgIpc) is 2.69. The summed E-state index contributed by atoms with van der Waals surface area (Å²) >= 11 is 0. The average molecular weight is 468 g/mol. The largest absolute Gasteiger partial charge is 0.462 e. The Morgan fingerprint density at radius 2 is 1.30 bits per heavy atom. The van der Waals surface area contributed by atoms with Gasteiger partial charge in [0.15, 0.2) is 0 Å². The van der Waals surface area contributed by atoms with Crippen LogP contribution in [0, 0.1) is 22.7 Å². The lowest BCUT2D eigenvalue weighted by Crippen LogP contribution is -2.43. The minimum Gasteiger partial charge on any atom is -0.462 e. The van der Waals surface area contributed by atoms with Gasteiger partial charge in [-0.1, -0.05) is 113 Å². The highest BCUT2D eigenvalue weighted by Gasteiger charge is 2.42. The Hall–Kier alpha value is -0.570. The summed E-state index contributed by atoms with van der Waals surface area (Å²) in [4.78, 5) is 14.7. The standard InChI is InChI=1S/C30H61NO2/c1-11-12-13-14-15-18-25(2)19-16-20-26(3)22-23-27(30(7,8)29(4,5)6)33-28(32)21-17-24-31(9)10/h25-27H,11-24H2,1-10H3. The molecule has 3 nitrogen and oxygen atoms in total. The number of unbranched alkanes of at least 4 members (excludes halogenated alkanes) is 4. The SMILES string of the molecule is CCCCCCCC(C)CCCC(C)CCC(OC(=O)CCCN(C)C)C(C)(C)C(C)(C)C. The van der Waals surface area contributed by atoms with E-state index in [1.807, 2.05) is 14.1 Å². The van der Waals surface area contributed by atoms with Gasteiger partial charge in [0.2, 0.25) is 0 Å². The van der Waals surface area contributed by atoms with Gasteiger partial charge in [-0.15, -0.1) is 0 Å². The number of esters is 1. The molecular formula is C30H61NO2. The van der Waals surface area contributed by atoms with E-state index in [9.17, 15) is 4.79 Å². The second-order valence-corrected chi connectivity index (χ2v) is 12.8. The third kappa shape index (κ3) is 15.1. The number of rotatable bonds is 19. The quantitative estimate of drug-likeness (QED) is 0.140. The normalized spacial score (nSPS) is 15.5. The lowest BCUT2D eigenvalue weighted by atomic mass is 9.64. The van der Waals surface area contributed by atoms with Crippen LogP contribution in [0.25, 0.3) is 0 Å². The van der Waals surface area contributed by atoms with Crippen molar-refractivity contribution < 1.29 is 9.53 Å². The fraction of sp³-hybridized carbons (Fsp3) is 0.967. The Morgan fingerprint density at radius 3 is 1.85 bits per heavy atom. The molecule has 0 amide bonds. The zero-order valence-corrected chi connectivity index (χ0v) is 24.4. The van der Waals surface area contributed by atoms with Crippen LogP contribution in [-0.4, -0.2) is 37.6 Å². The molecule has 0 bridgehead atoms. The first-order valence-electron chi connectivity index (χ1n) is 14.1. The lowest BCUT2D eigenvalue weighted by molar-refractivity contribution is -0.161. The Bertz CT molecular complexity index is 492. The highest BCUT2D eigenvalue weighted by atomic mass is 16.5. The monoisotopic (exact) mass is 467 g/mol. The van der Waals surface area contributed by atoms with Crippen molar-refractivity contribution in [3.63, 3.8) is 0 Å². The molecular weight excluding hydrogens is 406 g/mol. The molecule has 0 heterocycles. The number of hydrogen-bond donors (Lipinski definition) is 0. The smallest absolute Gasteiger partial charge is 0.306 e. The van der Waals surface area contributed by atoms with Crippen LogP contribution in [0.5, 0.6) is 0 Å². The second-order valence-electron chi connectivity index (χ2n) is 12.8. The van der Waals surface area contributed by atoms with Crippen LogP contribution in [-0.2, 0) is 9.53 Å². The summed E-state index contributed by atoms with van der Waals surface area (Å²) in [6.45, 7) is 19.4. The van der Waals surface area contributed by atoms with Crippen molar-refractivity contribution in [2.24, 2.45) is 22.7 Å². The van der Waals surface area contributed by atoms with E-state index in [2.05, 4.69) is 60.3 Å². The van der Waals surface area contributed by atoms with Gasteiger partial charge in [0.1, 0.15) is 6.10 Å². The molecule has 0 spiro atoms. The van der Waals surface area contributed by atoms with Gasteiger partial charge in [0.25, 0.3) is 0 Å². The van der Waals surface area contributed by atoms with Crippen molar-refractivity contribution in [3.8, 4) is 0 Å². The number of hydrogen-bond acceptors (Lipinski definition) is 3. The molecule has 0 rings (SSSR count). The van der Waals surface area contributed by atoms with E-state index in [0.717, 1.165) is 31.7 Å². The highest BCUT2D eigenvalue weighted by molar-refractivity contribution is 5.69. The maximum atomic E-state index is 12.6. The first kappa shape index (κ1) is 32.4. The van der Waals surface area contributed by atoms with E-state index in [1.165, 1.54) is 57.8 Å². The van der Waals surface area contributed by atoms with Crippen LogP contribution < -0.4 is 0 Å². The van der Waals surface area contributed by atoms with Crippen LogP contribution in [0.1, 0.15) is 139 Å². The second kappa shape index (κ2) is 17.0. The third-order valence-electron chi connectivity index (χ3n) is 8.11. The Labute approximate surface area is 208 Å². The van der Waals surface area contributed by atoms with Gasteiger partial charge >= 0.3 is 5.97 Å². The lowest BCUT2D eigenvalue weighted by Gasteiger charge is -2.44. The van der Waals surface area contributed by atoms with E-state index in [-0.39, 0.29) is 22.9 Å². The topological polar surface area (TPSA) is 29.5 Å². The van der Waals surface area contributed by atoms with E-state index in [4.69, 9.17) is 4.74 Å². The molecule has 3 heteroatoms. The van der Waals surface area contributed by atoms with Gasteiger partial charge in [0, 0.05) is 11.8 Å². The van der Waals surface area contributed by atoms with Crippen molar-refractivity contribution in [1.82, 2.24) is 4.90 Å². The number of ether oxygens (including phenoxy) is 1. The molecule has 0 aliphatic heterocycles. The fourth-order valence-corrected chi connectivity index (χ4v) is 4.44. The van der Waals surface area contributed by atoms with Crippen molar-refractivity contribution in [2.45, 2.75) is 145 Å². The molecule has 0 aromatic carbocycles. The first-order valence-corrected chi connectivity index (χ1v) is 14.1. The molecule has 0 fully saturated rings. The Kier molecular flexibility index (Phi) is 16.7.